The van der Waals surface area contributed by atoms with Gasteiger partial charge in [-0.1, -0.05) is 50.2 Å². The van der Waals surface area contributed by atoms with Crippen molar-refractivity contribution in [3.63, 3.8) is 0 Å². The minimum Gasteiger partial charge on any atom is -0.457 e. The van der Waals surface area contributed by atoms with Gasteiger partial charge in [-0.3, -0.25) is 9.69 Å². The number of nitrogens with zero attached hydrogens (tertiary/aromatic N) is 1. The van der Waals surface area contributed by atoms with E-state index in [4.69, 9.17) is 4.74 Å². The normalized spacial score (nSPS) is 18.9. The van der Waals surface area contributed by atoms with Gasteiger partial charge in [0.05, 0.1) is 0 Å². The Bertz CT molecular complexity index is 810. The van der Waals surface area contributed by atoms with Crippen LogP contribution >= 0.6 is 0 Å². The average Bonchev–Trinajstić information content (AvgIpc) is 3.22. The maximum Gasteiger partial charge on any atom is 0.235 e. The fourth-order valence-electron chi connectivity index (χ4n) is 4.68. The zero-order valence-corrected chi connectivity index (χ0v) is 17.1. The predicted molar refractivity (Wildman–Crippen MR) is 112 cm³/mol. The van der Waals surface area contributed by atoms with Gasteiger partial charge in [-0.15, -0.1) is 0 Å². The van der Waals surface area contributed by atoms with Crippen molar-refractivity contribution in [2.24, 2.45) is 5.92 Å². The summed E-state index contributed by atoms with van der Waals surface area (Å²) in [6.07, 6.45) is 2.51. The molecule has 0 radical (unpaired) electrons. The van der Waals surface area contributed by atoms with Crippen LogP contribution in [0.2, 0.25) is 0 Å². The lowest BCUT2D eigenvalue weighted by atomic mass is 9.73. The zero-order chi connectivity index (χ0) is 19.7. The van der Waals surface area contributed by atoms with Crippen LogP contribution in [0.1, 0.15) is 44.7 Å². The molecule has 0 aliphatic carbocycles. The summed E-state index contributed by atoms with van der Waals surface area (Å²) >= 11 is 0. The molecule has 1 saturated heterocycles. The topological polar surface area (TPSA) is 41.6 Å². The van der Waals surface area contributed by atoms with E-state index in [2.05, 4.69) is 24.1 Å². The molecule has 0 saturated carbocycles. The van der Waals surface area contributed by atoms with Crippen LogP contribution in [0, 0.1) is 5.92 Å². The third-order valence-electron chi connectivity index (χ3n) is 6.38. The van der Waals surface area contributed by atoms with E-state index < -0.39 is 5.41 Å². The highest BCUT2D eigenvalue weighted by molar-refractivity contribution is 5.94. The number of rotatable bonds is 5. The van der Waals surface area contributed by atoms with Crippen LogP contribution in [0.3, 0.4) is 0 Å². The van der Waals surface area contributed by atoms with E-state index in [0.29, 0.717) is 18.5 Å². The number of carbonyl (C=O) groups is 1. The number of benzene rings is 2. The SMILES string of the molecule is CC(C)C(CNC(=O)C1(C)c2ccccc2Oc2ccccc21)N1CCCC1. The van der Waals surface area contributed by atoms with Crippen molar-refractivity contribution < 1.29 is 9.53 Å². The second-order valence-electron chi connectivity index (χ2n) is 8.48. The smallest absolute Gasteiger partial charge is 0.235 e. The Balaban J connectivity index is 1.63. The summed E-state index contributed by atoms with van der Waals surface area (Å²) in [6.45, 7) is 9.46. The molecule has 4 rings (SSSR count). The molecular weight excluding hydrogens is 348 g/mol. The number of para-hydroxylation sites is 2. The monoisotopic (exact) mass is 378 g/mol. The second kappa shape index (κ2) is 7.59. The molecule has 4 nitrogen and oxygen atoms in total. The molecule has 2 heterocycles. The molecule has 2 aliphatic rings. The molecule has 2 aromatic carbocycles. The van der Waals surface area contributed by atoms with Gasteiger partial charge in [0.1, 0.15) is 16.9 Å². The minimum atomic E-state index is -0.766. The van der Waals surface area contributed by atoms with E-state index in [1.807, 2.05) is 55.5 Å². The summed E-state index contributed by atoms with van der Waals surface area (Å²) in [5.41, 5.74) is 1.08. The molecule has 1 fully saturated rings. The van der Waals surface area contributed by atoms with Crippen molar-refractivity contribution in [1.29, 1.82) is 0 Å². The highest BCUT2D eigenvalue weighted by Gasteiger charge is 2.44. The molecule has 0 spiro atoms. The predicted octanol–water partition coefficient (Wildman–Crippen LogP) is 4.33. The first-order chi connectivity index (χ1) is 13.5. The summed E-state index contributed by atoms with van der Waals surface area (Å²) in [4.78, 5) is 16.1. The van der Waals surface area contributed by atoms with Gasteiger partial charge in [0.25, 0.3) is 0 Å². The van der Waals surface area contributed by atoms with Gasteiger partial charge in [0.15, 0.2) is 0 Å². The van der Waals surface area contributed by atoms with Crippen molar-refractivity contribution in [2.45, 2.75) is 45.1 Å². The van der Waals surface area contributed by atoms with Crippen LogP contribution in [0.15, 0.2) is 48.5 Å². The third kappa shape index (κ3) is 3.20. The number of carbonyl (C=O) groups excluding carboxylic acids is 1. The number of hydrogen-bond acceptors (Lipinski definition) is 3. The number of fused-ring (bicyclic) bond motifs is 2. The van der Waals surface area contributed by atoms with E-state index in [1.54, 1.807) is 0 Å². The first kappa shape index (κ1) is 19.0. The van der Waals surface area contributed by atoms with Crippen LogP contribution in [0.25, 0.3) is 0 Å². The van der Waals surface area contributed by atoms with Gasteiger partial charge in [-0.05, 0) is 50.9 Å². The van der Waals surface area contributed by atoms with Crippen LogP contribution in [-0.2, 0) is 10.2 Å². The fraction of sp³-hybridized carbons (Fsp3) is 0.458. The summed E-state index contributed by atoms with van der Waals surface area (Å²) in [6, 6.07) is 16.1. The van der Waals surface area contributed by atoms with Crippen molar-refractivity contribution in [2.75, 3.05) is 19.6 Å². The van der Waals surface area contributed by atoms with Gasteiger partial charge < -0.3 is 10.1 Å². The number of likely N-dealkylation sites (tertiary alicyclic amines) is 1. The van der Waals surface area contributed by atoms with Crippen LogP contribution in [0.4, 0.5) is 0 Å². The molecule has 2 aliphatic heterocycles. The molecule has 2 aromatic rings. The molecule has 1 unspecified atom stereocenters. The van der Waals surface area contributed by atoms with Gasteiger partial charge in [0.2, 0.25) is 5.91 Å². The lowest BCUT2D eigenvalue weighted by molar-refractivity contribution is -0.125. The lowest BCUT2D eigenvalue weighted by Gasteiger charge is -2.37. The molecule has 0 bridgehead atoms. The van der Waals surface area contributed by atoms with Crippen molar-refractivity contribution >= 4 is 5.91 Å². The minimum absolute atomic E-state index is 0.0422. The average molecular weight is 379 g/mol. The molecule has 1 N–H and O–H groups in total. The maximum absolute atomic E-state index is 13.6. The fourth-order valence-corrected chi connectivity index (χ4v) is 4.68. The largest absolute Gasteiger partial charge is 0.457 e. The standard InChI is InChI=1S/C24H30N2O2/c1-17(2)20(26-14-8-9-15-26)16-25-23(27)24(3)18-10-4-6-12-21(18)28-22-13-7-5-11-19(22)24/h4-7,10-13,17,20H,8-9,14-16H2,1-3H3,(H,25,27). The quantitative estimate of drug-likeness (QED) is 0.842. The first-order valence-electron chi connectivity index (χ1n) is 10.4. The Hall–Kier alpha value is -2.33. The molecule has 1 atom stereocenters. The van der Waals surface area contributed by atoms with Crippen molar-refractivity contribution in [3.8, 4) is 11.5 Å². The third-order valence-corrected chi connectivity index (χ3v) is 6.38. The van der Waals surface area contributed by atoms with Gasteiger partial charge in [-0.2, -0.15) is 0 Å². The molecular formula is C24H30N2O2. The van der Waals surface area contributed by atoms with E-state index >= 15 is 0 Å². The van der Waals surface area contributed by atoms with Crippen molar-refractivity contribution in [3.05, 3.63) is 59.7 Å². The lowest BCUT2D eigenvalue weighted by Crippen LogP contribution is -2.51. The van der Waals surface area contributed by atoms with E-state index in [0.717, 1.165) is 35.7 Å². The van der Waals surface area contributed by atoms with Crippen LogP contribution < -0.4 is 10.1 Å². The molecule has 1 amide bonds. The zero-order valence-electron chi connectivity index (χ0n) is 17.1. The Kier molecular flexibility index (Phi) is 5.15. The van der Waals surface area contributed by atoms with Gasteiger partial charge in [0, 0.05) is 23.7 Å². The maximum atomic E-state index is 13.6. The summed E-state index contributed by atoms with van der Waals surface area (Å²) < 4.78 is 6.08. The number of amides is 1. The van der Waals surface area contributed by atoms with Crippen LogP contribution in [0.5, 0.6) is 11.5 Å². The number of ether oxygens (including phenoxy) is 1. The Morgan fingerprint density at radius 1 is 1.04 bits per heavy atom. The number of hydrogen-bond donors (Lipinski definition) is 1. The summed E-state index contributed by atoms with van der Waals surface area (Å²) in [5, 5.41) is 3.30. The highest BCUT2D eigenvalue weighted by Crippen LogP contribution is 2.47. The molecule has 0 aromatic heterocycles. The summed E-state index contributed by atoms with van der Waals surface area (Å²) in [7, 11) is 0. The molecule has 28 heavy (non-hydrogen) atoms. The first-order valence-corrected chi connectivity index (χ1v) is 10.4. The van der Waals surface area contributed by atoms with Crippen LogP contribution in [-0.4, -0.2) is 36.5 Å². The van der Waals surface area contributed by atoms with Gasteiger partial charge in [-0.25, -0.2) is 0 Å². The highest BCUT2D eigenvalue weighted by atomic mass is 16.5. The van der Waals surface area contributed by atoms with E-state index in [9.17, 15) is 4.79 Å². The van der Waals surface area contributed by atoms with Crippen molar-refractivity contribution in [1.82, 2.24) is 10.2 Å². The molecule has 4 heteroatoms. The molecule has 148 valence electrons. The number of nitrogens with one attached hydrogen (secondary N) is 1. The Morgan fingerprint density at radius 2 is 1.57 bits per heavy atom. The van der Waals surface area contributed by atoms with Gasteiger partial charge >= 0.3 is 0 Å². The Morgan fingerprint density at radius 3 is 2.11 bits per heavy atom. The summed E-state index contributed by atoms with van der Waals surface area (Å²) in [5.74, 6) is 2.07. The second-order valence-corrected chi connectivity index (χ2v) is 8.48. The van der Waals surface area contributed by atoms with E-state index in [1.165, 1.54) is 12.8 Å². The Labute approximate surface area is 167 Å². The van der Waals surface area contributed by atoms with E-state index in [-0.39, 0.29) is 5.91 Å².